The van der Waals surface area contributed by atoms with Gasteiger partial charge in [0.2, 0.25) is 5.75 Å². The van der Waals surface area contributed by atoms with Crippen molar-refractivity contribution < 1.29 is 24.5 Å². The van der Waals surface area contributed by atoms with E-state index in [1.165, 1.54) is 7.11 Å². The van der Waals surface area contributed by atoms with Gasteiger partial charge in [-0.2, -0.15) is 0 Å². The molecule has 0 aliphatic rings. The van der Waals surface area contributed by atoms with Gasteiger partial charge in [0.1, 0.15) is 0 Å². The summed E-state index contributed by atoms with van der Waals surface area (Å²) in [4.78, 5) is 10.8. The van der Waals surface area contributed by atoms with Crippen LogP contribution in [0.5, 0.6) is 17.2 Å². The Balaban J connectivity index is 2.31. The third-order valence-corrected chi connectivity index (χ3v) is 3.23. The van der Waals surface area contributed by atoms with E-state index >= 15 is 0 Å². The first-order valence-corrected chi connectivity index (χ1v) is 7.11. The van der Waals surface area contributed by atoms with Gasteiger partial charge in [0.25, 0.3) is 0 Å². The van der Waals surface area contributed by atoms with E-state index in [1.54, 1.807) is 36.4 Å². The number of hydrogen-bond acceptors (Lipinski definition) is 4. The molecule has 0 amide bonds. The van der Waals surface area contributed by atoms with E-state index in [1.807, 2.05) is 19.1 Å². The Morgan fingerprint density at radius 2 is 1.78 bits per heavy atom. The zero-order valence-corrected chi connectivity index (χ0v) is 12.9. The summed E-state index contributed by atoms with van der Waals surface area (Å²) < 4.78 is 10.8. The molecule has 0 radical (unpaired) electrons. The van der Waals surface area contributed by atoms with Crippen LogP contribution in [-0.2, 0) is 0 Å². The molecule has 2 rings (SSSR count). The zero-order valence-electron chi connectivity index (χ0n) is 12.9. The second-order valence-electron chi connectivity index (χ2n) is 4.73. The molecule has 0 saturated heterocycles. The van der Waals surface area contributed by atoms with Crippen molar-refractivity contribution >= 4 is 18.1 Å². The molecule has 0 atom stereocenters. The molecule has 2 N–H and O–H groups in total. The lowest BCUT2D eigenvalue weighted by atomic mass is 10.1. The number of phenols is 1. The van der Waals surface area contributed by atoms with E-state index in [0.29, 0.717) is 18.1 Å². The van der Waals surface area contributed by atoms with Crippen LogP contribution >= 0.6 is 0 Å². The summed E-state index contributed by atoms with van der Waals surface area (Å²) in [5, 5.41) is 18.7. The Morgan fingerprint density at radius 3 is 2.35 bits per heavy atom. The average Bonchev–Trinajstić information content (AvgIpc) is 2.55. The van der Waals surface area contributed by atoms with Crippen molar-refractivity contribution in [3.05, 3.63) is 53.1 Å². The van der Waals surface area contributed by atoms with Gasteiger partial charge in [0.05, 0.1) is 19.3 Å². The summed E-state index contributed by atoms with van der Waals surface area (Å²) >= 11 is 0. The molecule has 5 nitrogen and oxygen atoms in total. The summed E-state index contributed by atoms with van der Waals surface area (Å²) in [7, 11) is 1.51. The highest BCUT2D eigenvalue weighted by atomic mass is 16.5. The van der Waals surface area contributed by atoms with Gasteiger partial charge in [-0.15, -0.1) is 0 Å². The topological polar surface area (TPSA) is 76.0 Å². The molecular formula is C18H18O5. The fourth-order valence-corrected chi connectivity index (χ4v) is 2.12. The number of hydrogen-bond donors (Lipinski definition) is 2. The monoisotopic (exact) mass is 314 g/mol. The largest absolute Gasteiger partial charge is 0.504 e. The summed E-state index contributed by atoms with van der Waals surface area (Å²) in [6.07, 6.45) is 3.65. The van der Waals surface area contributed by atoms with Crippen LogP contribution in [-0.4, -0.2) is 29.9 Å². The number of carboxylic acid groups (broad SMARTS) is 1. The van der Waals surface area contributed by atoms with Crippen molar-refractivity contribution in [2.24, 2.45) is 0 Å². The van der Waals surface area contributed by atoms with E-state index < -0.39 is 5.97 Å². The number of ether oxygens (including phenoxy) is 2. The van der Waals surface area contributed by atoms with Gasteiger partial charge in [-0.3, -0.25) is 0 Å². The summed E-state index contributed by atoms with van der Waals surface area (Å²) in [6, 6.07) is 9.79. The smallest absolute Gasteiger partial charge is 0.335 e. The lowest BCUT2D eigenvalue weighted by molar-refractivity contribution is 0.0697. The second-order valence-corrected chi connectivity index (χ2v) is 4.73. The third kappa shape index (κ3) is 3.83. The van der Waals surface area contributed by atoms with E-state index in [9.17, 15) is 9.90 Å². The van der Waals surface area contributed by atoms with Crippen LogP contribution in [0.2, 0.25) is 0 Å². The number of aromatic carboxylic acids is 1. The number of phenolic OH excluding ortho intramolecular Hbond substituents is 1. The predicted molar refractivity (Wildman–Crippen MR) is 88.2 cm³/mol. The molecule has 0 aliphatic carbocycles. The van der Waals surface area contributed by atoms with Crippen LogP contribution in [0, 0.1) is 0 Å². The molecule has 0 spiro atoms. The van der Waals surface area contributed by atoms with E-state index in [2.05, 4.69) is 0 Å². The molecule has 120 valence electrons. The molecule has 0 unspecified atom stereocenters. The predicted octanol–water partition coefficient (Wildman–Crippen LogP) is 3.67. The standard InChI is InChI=1S/C18H18O5/c1-3-23-17-15(19)11-10-13(16(17)22-2)7-4-12-5-8-14(9-6-12)18(20)21/h4-11,19H,3H2,1-2H3,(H,20,21)/b7-4+. The molecule has 0 aromatic heterocycles. The maximum atomic E-state index is 10.8. The van der Waals surface area contributed by atoms with Gasteiger partial charge in [-0.1, -0.05) is 24.3 Å². The van der Waals surface area contributed by atoms with Crippen LogP contribution in [0.1, 0.15) is 28.4 Å². The van der Waals surface area contributed by atoms with Crippen molar-refractivity contribution in [2.45, 2.75) is 6.92 Å². The van der Waals surface area contributed by atoms with Crippen LogP contribution < -0.4 is 9.47 Å². The molecule has 5 heteroatoms. The van der Waals surface area contributed by atoms with E-state index in [-0.39, 0.29) is 11.3 Å². The molecule has 2 aromatic carbocycles. The summed E-state index contributed by atoms with van der Waals surface area (Å²) in [5.41, 5.74) is 1.84. The maximum absolute atomic E-state index is 10.8. The van der Waals surface area contributed by atoms with Crippen molar-refractivity contribution in [1.82, 2.24) is 0 Å². The molecule has 0 aliphatic heterocycles. The number of carboxylic acids is 1. The van der Waals surface area contributed by atoms with Crippen LogP contribution in [0.3, 0.4) is 0 Å². The minimum Gasteiger partial charge on any atom is -0.504 e. The molecule has 0 heterocycles. The maximum Gasteiger partial charge on any atom is 0.335 e. The van der Waals surface area contributed by atoms with Gasteiger partial charge in [-0.25, -0.2) is 4.79 Å². The minimum atomic E-state index is -0.956. The second kappa shape index (κ2) is 7.35. The molecule has 0 fully saturated rings. The highest BCUT2D eigenvalue weighted by Crippen LogP contribution is 2.40. The normalized spacial score (nSPS) is 10.7. The number of benzene rings is 2. The molecule has 23 heavy (non-hydrogen) atoms. The van der Waals surface area contributed by atoms with E-state index in [0.717, 1.165) is 11.1 Å². The van der Waals surface area contributed by atoms with Crippen LogP contribution in [0.4, 0.5) is 0 Å². The first-order valence-electron chi connectivity index (χ1n) is 7.11. The first-order chi connectivity index (χ1) is 11.1. The molecular weight excluding hydrogens is 296 g/mol. The summed E-state index contributed by atoms with van der Waals surface area (Å²) in [6.45, 7) is 2.24. The Labute approximate surface area is 134 Å². The van der Waals surface area contributed by atoms with Crippen molar-refractivity contribution in [1.29, 1.82) is 0 Å². The first kappa shape index (κ1) is 16.4. The van der Waals surface area contributed by atoms with Crippen molar-refractivity contribution in [3.63, 3.8) is 0 Å². The van der Waals surface area contributed by atoms with Crippen LogP contribution in [0.15, 0.2) is 36.4 Å². The quantitative estimate of drug-likeness (QED) is 0.796. The van der Waals surface area contributed by atoms with Crippen molar-refractivity contribution in [3.8, 4) is 17.2 Å². The van der Waals surface area contributed by atoms with Crippen LogP contribution in [0.25, 0.3) is 12.2 Å². The number of carbonyl (C=O) groups is 1. The fourth-order valence-electron chi connectivity index (χ4n) is 2.12. The lowest BCUT2D eigenvalue weighted by Crippen LogP contribution is -1.97. The Bertz CT molecular complexity index is 717. The summed E-state index contributed by atoms with van der Waals surface area (Å²) in [5.74, 6) is -0.183. The zero-order chi connectivity index (χ0) is 16.8. The molecule has 2 aromatic rings. The van der Waals surface area contributed by atoms with Crippen molar-refractivity contribution in [2.75, 3.05) is 13.7 Å². The third-order valence-electron chi connectivity index (χ3n) is 3.23. The Kier molecular flexibility index (Phi) is 5.25. The van der Waals surface area contributed by atoms with E-state index in [4.69, 9.17) is 14.6 Å². The Hall–Kier alpha value is -2.95. The SMILES string of the molecule is CCOc1c(O)ccc(/C=C/c2ccc(C(=O)O)cc2)c1OC. The highest BCUT2D eigenvalue weighted by molar-refractivity contribution is 5.88. The fraction of sp³-hybridized carbons (Fsp3) is 0.167. The number of methoxy groups -OCH3 is 1. The van der Waals surface area contributed by atoms with Gasteiger partial charge in [0, 0.05) is 5.56 Å². The van der Waals surface area contributed by atoms with Gasteiger partial charge in [0.15, 0.2) is 11.5 Å². The van der Waals surface area contributed by atoms with Gasteiger partial charge in [-0.05, 0) is 36.8 Å². The minimum absolute atomic E-state index is 0.0201. The molecule has 0 saturated carbocycles. The number of aromatic hydroxyl groups is 1. The Morgan fingerprint density at radius 1 is 1.09 bits per heavy atom. The lowest BCUT2D eigenvalue weighted by Gasteiger charge is -2.13. The van der Waals surface area contributed by atoms with Gasteiger partial charge < -0.3 is 19.7 Å². The highest BCUT2D eigenvalue weighted by Gasteiger charge is 2.13. The van der Waals surface area contributed by atoms with Gasteiger partial charge >= 0.3 is 5.97 Å². The number of rotatable bonds is 6. The average molecular weight is 314 g/mol. The molecule has 0 bridgehead atoms.